The number of Topliss-reactive ketones (excluding diaryl/α,β-unsaturated/α-hetero) is 1. The van der Waals surface area contributed by atoms with Crippen molar-refractivity contribution in [2.45, 2.75) is 51.3 Å². The number of allylic oxidation sites excluding steroid dienone is 3. The van der Waals surface area contributed by atoms with Crippen molar-refractivity contribution in [2.75, 3.05) is 6.54 Å². The molecule has 1 saturated heterocycles. The predicted octanol–water partition coefficient (Wildman–Crippen LogP) is 2.02. The smallest absolute Gasteiger partial charge is 0.410 e. The van der Waals surface area contributed by atoms with Gasteiger partial charge in [-0.05, 0) is 51.0 Å². The number of hydrogen-bond donors (Lipinski definition) is 1. The molecule has 23 heavy (non-hydrogen) atoms. The van der Waals surface area contributed by atoms with Gasteiger partial charge in [0.1, 0.15) is 11.6 Å². The fourth-order valence-electron chi connectivity index (χ4n) is 4.94. The molecule has 124 valence electrons. The second-order valence-electron chi connectivity index (χ2n) is 8.31. The standard InChI is InChI=1S/C18H24N2O3/c1-17(2,3)23-16(22)20-9-10-8-18(10)12-7-5-4-6-11(12)13(19)14(21)15(18)20/h4-6,10,12-13,15H,7-9,19H2,1-3H3. The number of carbonyl (C=O) groups is 2. The Morgan fingerprint density at radius 3 is 2.87 bits per heavy atom. The van der Waals surface area contributed by atoms with Gasteiger partial charge in [0, 0.05) is 12.0 Å². The van der Waals surface area contributed by atoms with Crippen molar-refractivity contribution >= 4 is 11.9 Å². The second-order valence-corrected chi connectivity index (χ2v) is 8.31. The number of ketones is 1. The van der Waals surface area contributed by atoms with Crippen LogP contribution in [-0.4, -0.2) is 41.0 Å². The van der Waals surface area contributed by atoms with E-state index in [0.29, 0.717) is 18.4 Å². The van der Waals surface area contributed by atoms with Crippen LogP contribution in [0.5, 0.6) is 0 Å². The highest BCUT2D eigenvalue weighted by atomic mass is 16.6. The number of rotatable bonds is 0. The van der Waals surface area contributed by atoms with E-state index in [1.54, 1.807) is 4.90 Å². The quantitative estimate of drug-likeness (QED) is 0.742. The molecule has 2 saturated carbocycles. The first-order chi connectivity index (χ1) is 10.8. The van der Waals surface area contributed by atoms with Gasteiger partial charge >= 0.3 is 6.09 Å². The zero-order valence-electron chi connectivity index (χ0n) is 13.9. The van der Waals surface area contributed by atoms with Gasteiger partial charge in [-0.1, -0.05) is 18.2 Å². The average Bonchev–Trinajstić information content (AvgIpc) is 3.08. The Labute approximate surface area is 136 Å². The molecule has 1 aliphatic heterocycles. The Morgan fingerprint density at radius 2 is 2.17 bits per heavy atom. The Bertz CT molecular complexity index is 645. The van der Waals surface area contributed by atoms with Gasteiger partial charge in [-0.2, -0.15) is 0 Å². The van der Waals surface area contributed by atoms with Gasteiger partial charge in [-0.15, -0.1) is 0 Å². The molecule has 0 bridgehead atoms. The summed E-state index contributed by atoms with van der Waals surface area (Å²) in [7, 11) is 0. The summed E-state index contributed by atoms with van der Waals surface area (Å²) in [6, 6.07) is -1.00. The lowest BCUT2D eigenvalue weighted by atomic mass is 9.65. The third kappa shape index (κ3) is 1.95. The first kappa shape index (κ1) is 14.9. The maximum atomic E-state index is 12.9. The van der Waals surface area contributed by atoms with Gasteiger partial charge in [-0.3, -0.25) is 9.69 Å². The molecule has 2 N–H and O–H groups in total. The Morgan fingerprint density at radius 1 is 1.43 bits per heavy atom. The van der Waals surface area contributed by atoms with Gasteiger partial charge in [-0.25, -0.2) is 4.79 Å². The van der Waals surface area contributed by atoms with E-state index in [2.05, 4.69) is 6.08 Å². The molecule has 4 aliphatic rings. The van der Waals surface area contributed by atoms with Crippen molar-refractivity contribution < 1.29 is 14.3 Å². The fraction of sp³-hybridized carbons (Fsp3) is 0.667. The van der Waals surface area contributed by atoms with Gasteiger partial charge < -0.3 is 10.5 Å². The molecular weight excluding hydrogens is 292 g/mol. The van der Waals surface area contributed by atoms with E-state index >= 15 is 0 Å². The third-order valence-corrected chi connectivity index (χ3v) is 5.85. The molecule has 1 heterocycles. The summed E-state index contributed by atoms with van der Waals surface area (Å²) < 4.78 is 5.52. The molecule has 0 radical (unpaired) electrons. The van der Waals surface area contributed by atoms with Crippen molar-refractivity contribution in [3.05, 3.63) is 23.8 Å². The van der Waals surface area contributed by atoms with Crippen molar-refractivity contribution in [2.24, 2.45) is 23.0 Å². The lowest BCUT2D eigenvalue weighted by Crippen LogP contribution is -2.59. The molecule has 1 spiro atoms. The summed E-state index contributed by atoms with van der Waals surface area (Å²) in [4.78, 5) is 27.2. The van der Waals surface area contributed by atoms with Crippen molar-refractivity contribution in [1.29, 1.82) is 0 Å². The molecule has 4 rings (SSSR count). The van der Waals surface area contributed by atoms with Crippen molar-refractivity contribution in [1.82, 2.24) is 4.90 Å². The van der Waals surface area contributed by atoms with E-state index in [9.17, 15) is 9.59 Å². The van der Waals surface area contributed by atoms with Crippen LogP contribution in [0.1, 0.15) is 33.6 Å². The van der Waals surface area contributed by atoms with E-state index in [0.717, 1.165) is 18.4 Å². The number of likely N-dealkylation sites (tertiary alicyclic amines) is 1. The number of ether oxygens (including phenoxy) is 1. The lowest BCUT2D eigenvalue weighted by Gasteiger charge is -2.44. The Kier molecular flexibility index (Phi) is 2.90. The number of hydrogen-bond acceptors (Lipinski definition) is 4. The number of piperidine rings is 1. The van der Waals surface area contributed by atoms with E-state index in [1.165, 1.54) is 0 Å². The molecule has 3 fully saturated rings. The Balaban J connectivity index is 1.68. The highest BCUT2D eigenvalue weighted by Gasteiger charge is 2.75. The minimum absolute atomic E-state index is 0.0198. The van der Waals surface area contributed by atoms with E-state index in [1.807, 2.05) is 32.9 Å². The molecule has 1 amide bonds. The summed E-state index contributed by atoms with van der Waals surface area (Å²) >= 11 is 0. The van der Waals surface area contributed by atoms with Crippen LogP contribution in [0.4, 0.5) is 4.79 Å². The molecule has 5 heteroatoms. The Hall–Kier alpha value is -1.62. The normalized spacial score (nSPS) is 41.0. The van der Waals surface area contributed by atoms with Crippen LogP contribution in [0.2, 0.25) is 0 Å². The maximum absolute atomic E-state index is 12.9. The fourth-order valence-corrected chi connectivity index (χ4v) is 4.94. The molecule has 0 aromatic rings. The SMILES string of the molecule is CC(C)(C)OC(=O)N1CC2CC23C2CC=CC=C2C(N)C(=O)C13. The second kappa shape index (κ2) is 4.47. The molecule has 3 aliphatic carbocycles. The first-order valence-electron chi connectivity index (χ1n) is 8.41. The van der Waals surface area contributed by atoms with Crippen molar-refractivity contribution in [3.8, 4) is 0 Å². The number of carbonyl (C=O) groups excluding carboxylic acids is 2. The minimum atomic E-state index is -0.593. The monoisotopic (exact) mass is 316 g/mol. The van der Waals surface area contributed by atoms with Crippen LogP contribution in [0.15, 0.2) is 23.8 Å². The summed E-state index contributed by atoms with van der Waals surface area (Å²) in [6.45, 7) is 6.15. The zero-order valence-corrected chi connectivity index (χ0v) is 13.9. The summed E-state index contributed by atoms with van der Waals surface area (Å²) in [5, 5.41) is 0. The van der Waals surface area contributed by atoms with Crippen LogP contribution in [0, 0.1) is 17.3 Å². The van der Waals surface area contributed by atoms with Crippen LogP contribution < -0.4 is 5.73 Å². The zero-order chi connectivity index (χ0) is 16.6. The summed E-state index contributed by atoms with van der Waals surface area (Å²) in [5.74, 6) is 0.674. The molecule has 0 aromatic heterocycles. The highest BCUT2D eigenvalue weighted by molar-refractivity contribution is 5.97. The van der Waals surface area contributed by atoms with Gasteiger partial charge in [0.25, 0.3) is 0 Å². The number of amides is 1. The van der Waals surface area contributed by atoms with Crippen molar-refractivity contribution in [3.63, 3.8) is 0 Å². The lowest BCUT2D eigenvalue weighted by molar-refractivity contribution is -0.128. The van der Waals surface area contributed by atoms with E-state index in [4.69, 9.17) is 10.5 Å². The number of fused-ring (bicyclic) bond motifs is 1. The highest BCUT2D eigenvalue weighted by Crippen LogP contribution is 2.70. The summed E-state index contributed by atoms with van der Waals surface area (Å²) in [6.07, 6.45) is 7.70. The van der Waals surface area contributed by atoms with Crippen LogP contribution in [-0.2, 0) is 9.53 Å². The van der Waals surface area contributed by atoms with Crippen LogP contribution in [0.25, 0.3) is 0 Å². The molecule has 5 atom stereocenters. The van der Waals surface area contributed by atoms with Crippen LogP contribution >= 0.6 is 0 Å². The van der Waals surface area contributed by atoms with Crippen LogP contribution in [0.3, 0.4) is 0 Å². The van der Waals surface area contributed by atoms with Gasteiger partial charge in [0.05, 0.1) is 6.04 Å². The average molecular weight is 316 g/mol. The molecular formula is C18H24N2O3. The van der Waals surface area contributed by atoms with Gasteiger partial charge in [0.15, 0.2) is 5.78 Å². The van der Waals surface area contributed by atoms with E-state index in [-0.39, 0.29) is 17.3 Å². The minimum Gasteiger partial charge on any atom is -0.444 e. The summed E-state index contributed by atoms with van der Waals surface area (Å²) in [5.41, 5.74) is 6.63. The van der Waals surface area contributed by atoms with E-state index < -0.39 is 17.7 Å². The predicted molar refractivity (Wildman–Crippen MR) is 85.6 cm³/mol. The topological polar surface area (TPSA) is 72.6 Å². The molecule has 0 aromatic carbocycles. The number of nitrogens with two attached hydrogens (primary N) is 1. The van der Waals surface area contributed by atoms with Gasteiger partial charge in [0.2, 0.25) is 0 Å². The maximum Gasteiger partial charge on any atom is 0.410 e. The third-order valence-electron chi connectivity index (χ3n) is 5.85. The molecule has 5 unspecified atom stereocenters. The largest absolute Gasteiger partial charge is 0.444 e. The first-order valence-corrected chi connectivity index (χ1v) is 8.41. The molecule has 5 nitrogen and oxygen atoms in total. The number of nitrogens with zero attached hydrogens (tertiary/aromatic N) is 1.